The Morgan fingerprint density at radius 3 is 2.76 bits per heavy atom. The van der Waals surface area contributed by atoms with E-state index in [9.17, 15) is 9.90 Å². The molecule has 17 heavy (non-hydrogen) atoms. The molecule has 0 aliphatic carbocycles. The molecule has 0 fully saturated rings. The van der Waals surface area contributed by atoms with E-state index in [1.807, 2.05) is 6.07 Å². The third-order valence-corrected chi connectivity index (χ3v) is 2.17. The second-order valence-electron chi connectivity index (χ2n) is 3.25. The number of rotatable bonds is 4. The van der Waals surface area contributed by atoms with E-state index in [-0.39, 0.29) is 23.5 Å². The summed E-state index contributed by atoms with van der Waals surface area (Å²) in [5.41, 5.74) is 0.537. The number of nitriles is 1. The van der Waals surface area contributed by atoms with Gasteiger partial charge in [-0.3, -0.25) is 4.79 Å². The van der Waals surface area contributed by atoms with Gasteiger partial charge >= 0.3 is 5.97 Å². The SMILES string of the molecule is CCOC(=O)Cc1ccc(O)c(C#N)c1OC. The average molecular weight is 235 g/mol. The van der Waals surface area contributed by atoms with Gasteiger partial charge in [-0.15, -0.1) is 0 Å². The molecule has 0 heterocycles. The first-order valence-electron chi connectivity index (χ1n) is 5.08. The highest BCUT2D eigenvalue weighted by molar-refractivity contribution is 5.74. The van der Waals surface area contributed by atoms with Crippen molar-refractivity contribution in [1.82, 2.24) is 0 Å². The molecule has 0 aliphatic rings. The van der Waals surface area contributed by atoms with Crippen LogP contribution in [-0.2, 0) is 16.0 Å². The second kappa shape index (κ2) is 5.75. The molecule has 0 radical (unpaired) electrons. The van der Waals surface area contributed by atoms with Crippen molar-refractivity contribution >= 4 is 5.97 Å². The van der Waals surface area contributed by atoms with Crippen LogP contribution in [0.2, 0.25) is 0 Å². The number of carbonyl (C=O) groups is 1. The quantitative estimate of drug-likeness (QED) is 0.797. The molecule has 5 heteroatoms. The van der Waals surface area contributed by atoms with Crippen molar-refractivity contribution < 1.29 is 19.4 Å². The van der Waals surface area contributed by atoms with E-state index in [4.69, 9.17) is 14.7 Å². The molecule has 0 saturated heterocycles. The molecular formula is C12H13NO4. The van der Waals surface area contributed by atoms with Gasteiger partial charge in [0.25, 0.3) is 0 Å². The summed E-state index contributed by atoms with van der Waals surface area (Å²) in [5, 5.41) is 18.4. The summed E-state index contributed by atoms with van der Waals surface area (Å²) in [5.74, 6) is -0.363. The van der Waals surface area contributed by atoms with Crippen LogP contribution in [0, 0.1) is 11.3 Å². The summed E-state index contributed by atoms with van der Waals surface area (Å²) in [6.45, 7) is 2.01. The lowest BCUT2D eigenvalue weighted by Gasteiger charge is -2.10. The van der Waals surface area contributed by atoms with Gasteiger partial charge < -0.3 is 14.6 Å². The van der Waals surface area contributed by atoms with Crippen molar-refractivity contribution in [2.24, 2.45) is 0 Å². The predicted octanol–water partition coefficient (Wildman–Crippen LogP) is 1.38. The van der Waals surface area contributed by atoms with E-state index in [1.54, 1.807) is 6.92 Å². The summed E-state index contributed by atoms with van der Waals surface area (Å²) >= 11 is 0. The maximum absolute atomic E-state index is 11.3. The molecule has 0 bridgehead atoms. The molecule has 5 nitrogen and oxygen atoms in total. The topological polar surface area (TPSA) is 79.5 Å². The van der Waals surface area contributed by atoms with Crippen molar-refractivity contribution in [3.8, 4) is 17.6 Å². The number of hydrogen-bond donors (Lipinski definition) is 1. The van der Waals surface area contributed by atoms with Gasteiger partial charge in [0, 0.05) is 5.56 Å². The first-order valence-corrected chi connectivity index (χ1v) is 5.08. The van der Waals surface area contributed by atoms with Crippen molar-refractivity contribution in [3.05, 3.63) is 23.3 Å². The Morgan fingerprint density at radius 1 is 1.53 bits per heavy atom. The van der Waals surface area contributed by atoms with E-state index in [0.717, 1.165) is 0 Å². The minimum atomic E-state index is -0.402. The Hall–Kier alpha value is -2.22. The van der Waals surface area contributed by atoms with Crippen LogP contribution in [0.1, 0.15) is 18.1 Å². The summed E-state index contributed by atoms with van der Waals surface area (Å²) in [4.78, 5) is 11.3. The number of benzene rings is 1. The maximum atomic E-state index is 11.3. The molecule has 0 spiro atoms. The number of esters is 1. The van der Waals surface area contributed by atoms with Gasteiger partial charge in [0.15, 0.2) is 0 Å². The van der Waals surface area contributed by atoms with E-state index in [0.29, 0.717) is 12.2 Å². The smallest absolute Gasteiger partial charge is 0.310 e. The van der Waals surface area contributed by atoms with Crippen molar-refractivity contribution in [2.75, 3.05) is 13.7 Å². The number of nitrogens with zero attached hydrogens (tertiary/aromatic N) is 1. The lowest BCUT2D eigenvalue weighted by atomic mass is 10.1. The molecular weight excluding hydrogens is 222 g/mol. The normalized spacial score (nSPS) is 9.47. The van der Waals surface area contributed by atoms with Gasteiger partial charge in [-0.2, -0.15) is 5.26 Å². The zero-order valence-electron chi connectivity index (χ0n) is 9.69. The second-order valence-corrected chi connectivity index (χ2v) is 3.25. The number of phenols is 1. The molecule has 0 aliphatic heterocycles. The highest BCUT2D eigenvalue weighted by Gasteiger charge is 2.16. The highest BCUT2D eigenvalue weighted by Crippen LogP contribution is 2.31. The zero-order chi connectivity index (χ0) is 12.8. The van der Waals surface area contributed by atoms with Crippen LogP contribution in [0.25, 0.3) is 0 Å². The number of carbonyl (C=O) groups excluding carboxylic acids is 1. The third kappa shape index (κ3) is 2.88. The fraction of sp³-hybridized carbons (Fsp3) is 0.333. The third-order valence-electron chi connectivity index (χ3n) is 2.17. The molecule has 1 N–H and O–H groups in total. The van der Waals surface area contributed by atoms with Gasteiger partial charge in [0.05, 0.1) is 20.1 Å². The monoisotopic (exact) mass is 235 g/mol. The standard InChI is InChI=1S/C12H13NO4/c1-3-17-11(15)6-8-4-5-10(14)9(7-13)12(8)16-2/h4-5,14H,3,6H2,1-2H3. The number of phenolic OH excluding ortho intramolecular Hbond substituents is 1. The molecule has 0 saturated carbocycles. The first kappa shape index (κ1) is 12.8. The average Bonchev–Trinajstić information content (AvgIpc) is 2.31. The van der Waals surface area contributed by atoms with Crippen LogP contribution in [-0.4, -0.2) is 24.8 Å². The maximum Gasteiger partial charge on any atom is 0.310 e. The molecule has 1 aromatic rings. The summed E-state index contributed by atoms with van der Waals surface area (Å²) < 4.78 is 9.85. The molecule has 0 atom stereocenters. The highest BCUT2D eigenvalue weighted by atomic mass is 16.5. The fourth-order valence-corrected chi connectivity index (χ4v) is 1.46. The van der Waals surface area contributed by atoms with E-state index >= 15 is 0 Å². The van der Waals surface area contributed by atoms with E-state index in [2.05, 4.69) is 0 Å². The van der Waals surface area contributed by atoms with Gasteiger partial charge in [-0.25, -0.2) is 0 Å². The van der Waals surface area contributed by atoms with Crippen molar-refractivity contribution in [3.63, 3.8) is 0 Å². The number of aromatic hydroxyl groups is 1. The summed E-state index contributed by atoms with van der Waals surface area (Å²) in [7, 11) is 1.38. The van der Waals surface area contributed by atoms with Gasteiger partial charge in [0.1, 0.15) is 23.1 Å². The lowest BCUT2D eigenvalue weighted by Crippen LogP contribution is -2.09. The van der Waals surface area contributed by atoms with Crippen LogP contribution in [0.3, 0.4) is 0 Å². The molecule has 1 aromatic carbocycles. The van der Waals surface area contributed by atoms with Crippen LogP contribution in [0.4, 0.5) is 0 Å². The van der Waals surface area contributed by atoms with Crippen LogP contribution < -0.4 is 4.74 Å². The van der Waals surface area contributed by atoms with E-state index < -0.39 is 5.97 Å². The Morgan fingerprint density at radius 2 is 2.24 bits per heavy atom. The molecule has 90 valence electrons. The Balaban J connectivity index is 3.09. The Kier molecular flexibility index (Phi) is 4.35. The minimum Gasteiger partial charge on any atom is -0.506 e. The molecule has 0 amide bonds. The zero-order valence-corrected chi connectivity index (χ0v) is 9.69. The van der Waals surface area contributed by atoms with Crippen LogP contribution >= 0.6 is 0 Å². The van der Waals surface area contributed by atoms with E-state index in [1.165, 1.54) is 19.2 Å². The first-order chi connectivity index (χ1) is 8.13. The van der Waals surface area contributed by atoms with Gasteiger partial charge in [0.2, 0.25) is 0 Å². The fourth-order valence-electron chi connectivity index (χ4n) is 1.46. The minimum absolute atomic E-state index is 0.00593. The predicted molar refractivity (Wildman–Crippen MR) is 59.7 cm³/mol. The Labute approximate surface area is 99.2 Å². The molecule has 0 unspecified atom stereocenters. The largest absolute Gasteiger partial charge is 0.506 e. The molecule has 0 aromatic heterocycles. The van der Waals surface area contributed by atoms with Crippen LogP contribution in [0.15, 0.2) is 12.1 Å². The van der Waals surface area contributed by atoms with Crippen molar-refractivity contribution in [2.45, 2.75) is 13.3 Å². The van der Waals surface area contributed by atoms with Gasteiger partial charge in [-0.05, 0) is 13.0 Å². The Bertz CT molecular complexity index is 462. The summed E-state index contributed by atoms with van der Waals surface area (Å²) in [6.07, 6.45) is 0.00593. The van der Waals surface area contributed by atoms with Crippen molar-refractivity contribution in [1.29, 1.82) is 5.26 Å². The summed E-state index contributed by atoms with van der Waals surface area (Å²) in [6, 6.07) is 4.72. The van der Waals surface area contributed by atoms with Crippen LogP contribution in [0.5, 0.6) is 11.5 Å². The number of hydrogen-bond acceptors (Lipinski definition) is 5. The number of ether oxygens (including phenoxy) is 2. The molecule has 1 rings (SSSR count). The van der Waals surface area contributed by atoms with Gasteiger partial charge in [-0.1, -0.05) is 6.07 Å². The number of methoxy groups -OCH3 is 1. The lowest BCUT2D eigenvalue weighted by molar-refractivity contribution is -0.142.